The number of anilines is 1. The van der Waals surface area contributed by atoms with Gasteiger partial charge in [-0.15, -0.1) is 11.3 Å². The van der Waals surface area contributed by atoms with E-state index in [-0.39, 0.29) is 42.7 Å². The third-order valence-electron chi connectivity index (χ3n) is 6.33. The molecule has 2 aromatic heterocycles. The minimum Gasteiger partial charge on any atom is -0.321 e. The maximum atomic E-state index is 13.1. The number of carbonyl (C=O) groups excluding carboxylic acids is 3. The van der Waals surface area contributed by atoms with Crippen LogP contribution in [0.2, 0.25) is 0 Å². The van der Waals surface area contributed by atoms with Gasteiger partial charge >= 0.3 is 0 Å². The SMILES string of the molecule is Cc1c(C(=O)Nc2ccc(CN3C(=O)CCC3=O)cc2)sc2nc3n(c(=O)c12)CCCCC3. The van der Waals surface area contributed by atoms with Gasteiger partial charge < -0.3 is 5.32 Å². The van der Waals surface area contributed by atoms with Gasteiger partial charge in [0, 0.05) is 31.5 Å². The van der Waals surface area contributed by atoms with Crippen molar-refractivity contribution < 1.29 is 14.4 Å². The van der Waals surface area contributed by atoms with E-state index in [4.69, 9.17) is 4.98 Å². The molecule has 3 amide bonds. The molecule has 0 unspecified atom stereocenters. The van der Waals surface area contributed by atoms with Gasteiger partial charge in [-0.05, 0) is 43.0 Å². The summed E-state index contributed by atoms with van der Waals surface area (Å²) in [6.07, 6.45) is 4.39. The minimum absolute atomic E-state index is 0.0555. The van der Waals surface area contributed by atoms with Crippen molar-refractivity contribution in [3.05, 3.63) is 56.4 Å². The van der Waals surface area contributed by atoms with Gasteiger partial charge in [0.1, 0.15) is 10.7 Å². The molecule has 1 aromatic carbocycles. The van der Waals surface area contributed by atoms with E-state index in [0.29, 0.717) is 32.9 Å². The van der Waals surface area contributed by atoms with E-state index in [9.17, 15) is 19.2 Å². The molecule has 4 heterocycles. The Hall–Kier alpha value is -3.33. The van der Waals surface area contributed by atoms with Crippen LogP contribution >= 0.6 is 11.3 Å². The fourth-order valence-electron chi connectivity index (χ4n) is 4.49. The van der Waals surface area contributed by atoms with Crippen molar-refractivity contribution in [1.29, 1.82) is 0 Å². The number of rotatable bonds is 4. The molecule has 1 saturated heterocycles. The van der Waals surface area contributed by atoms with E-state index in [2.05, 4.69) is 5.32 Å². The first kappa shape index (κ1) is 21.5. The van der Waals surface area contributed by atoms with Gasteiger partial charge in [0.25, 0.3) is 11.5 Å². The molecule has 0 spiro atoms. The lowest BCUT2D eigenvalue weighted by atomic mass is 10.1. The summed E-state index contributed by atoms with van der Waals surface area (Å²) < 4.78 is 1.77. The average molecular weight is 465 g/mol. The molecule has 8 nitrogen and oxygen atoms in total. The number of fused-ring (bicyclic) bond motifs is 2. The van der Waals surface area contributed by atoms with Gasteiger partial charge in [-0.3, -0.25) is 28.6 Å². The summed E-state index contributed by atoms with van der Waals surface area (Å²) in [7, 11) is 0. The number of hydrogen-bond donors (Lipinski definition) is 1. The molecule has 33 heavy (non-hydrogen) atoms. The molecule has 2 aliphatic heterocycles. The number of nitrogens with one attached hydrogen (secondary N) is 1. The molecular formula is C24H24N4O4S. The maximum absolute atomic E-state index is 13.1. The van der Waals surface area contributed by atoms with Crippen LogP contribution in [0.4, 0.5) is 5.69 Å². The van der Waals surface area contributed by atoms with Crippen LogP contribution < -0.4 is 10.9 Å². The molecule has 0 bridgehead atoms. The van der Waals surface area contributed by atoms with Gasteiger partial charge in [-0.2, -0.15) is 0 Å². The van der Waals surface area contributed by atoms with Crippen LogP contribution in [0.1, 0.15) is 58.7 Å². The summed E-state index contributed by atoms with van der Waals surface area (Å²) >= 11 is 1.25. The van der Waals surface area contributed by atoms with E-state index in [1.54, 1.807) is 35.8 Å². The van der Waals surface area contributed by atoms with Crippen molar-refractivity contribution in [3.8, 4) is 0 Å². The second-order valence-electron chi connectivity index (χ2n) is 8.56. The van der Waals surface area contributed by atoms with Crippen LogP contribution in [0.15, 0.2) is 29.1 Å². The van der Waals surface area contributed by atoms with E-state index in [1.165, 1.54) is 16.2 Å². The molecule has 0 saturated carbocycles. The second-order valence-corrected chi connectivity index (χ2v) is 9.56. The summed E-state index contributed by atoms with van der Waals surface area (Å²) in [4.78, 5) is 56.8. The highest BCUT2D eigenvalue weighted by molar-refractivity contribution is 7.20. The highest BCUT2D eigenvalue weighted by atomic mass is 32.1. The number of hydrogen-bond acceptors (Lipinski definition) is 6. The number of aryl methyl sites for hydroxylation is 2. The van der Waals surface area contributed by atoms with Crippen molar-refractivity contribution in [3.63, 3.8) is 0 Å². The Morgan fingerprint density at radius 3 is 2.48 bits per heavy atom. The topological polar surface area (TPSA) is 101 Å². The first-order valence-corrected chi connectivity index (χ1v) is 12.0. The average Bonchev–Trinajstić information content (AvgIpc) is 3.17. The highest BCUT2D eigenvalue weighted by Gasteiger charge is 2.28. The quantitative estimate of drug-likeness (QED) is 0.597. The van der Waals surface area contributed by atoms with Crippen LogP contribution in [-0.2, 0) is 29.1 Å². The third kappa shape index (κ3) is 3.97. The number of thiophene rings is 1. The molecule has 0 atom stereocenters. The van der Waals surface area contributed by atoms with E-state index in [1.807, 2.05) is 0 Å². The predicted molar refractivity (Wildman–Crippen MR) is 125 cm³/mol. The highest BCUT2D eigenvalue weighted by Crippen LogP contribution is 2.29. The zero-order valence-electron chi connectivity index (χ0n) is 18.3. The number of amides is 3. The van der Waals surface area contributed by atoms with Gasteiger partial charge in [0.05, 0.1) is 16.8 Å². The van der Waals surface area contributed by atoms with Crippen molar-refractivity contribution >= 4 is 45.0 Å². The van der Waals surface area contributed by atoms with Crippen LogP contribution in [0.5, 0.6) is 0 Å². The smallest absolute Gasteiger partial charge is 0.266 e. The fraction of sp³-hybridized carbons (Fsp3) is 0.375. The number of carbonyl (C=O) groups is 3. The van der Waals surface area contributed by atoms with Crippen LogP contribution in [0.3, 0.4) is 0 Å². The normalized spacial score (nSPS) is 16.2. The van der Waals surface area contributed by atoms with Gasteiger partial charge in [-0.25, -0.2) is 4.98 Å². The summed E-state index contributed by atoms with van der Waals surface area (Å²) in [5, 5.41) is 3.42. The van der Waals surface area contributed by atoms with Crippen molar-refractivity contribution in [2.45, 2.75) is 58.5 Å². The number of aromatic nitrogens is 2. The zero-order chi connectivity index (χ0) is 23.1. The number of benzene rings is 1. The van der Waals surface area contributed by atoms with Crippen LogP contribution in [0, 0.1) is 6.92 Å². The Kier molecular flexibility index (Phi) is 5.57. The fourth-order valence-corrected chi connectivity index (χ4v) is 5.58. The summed E-state index contributed by atoms with van der Waals surface area (Å²) in [6, 6.07) is 7.07. The van der Waals surface area contributed by atoms with E-state index < -0.39 is 0 Å². The van der Waals surface area contributed by atoms with Gasteiger partial charge in [-0.1, -0.05) is 18.6 Å². The minimum atomic E-state index is -0.284. The largest absolute Gasteiger partial charge is 0.321 e. The second kappa shape index (κ2) is 8.55. The third-order valence-corrected chi connectivity index (χ3v) is 7.51. The molecule has 2 aliphatic rings. The monoisotopic (exact) mass is 464 g/mol. The number of imide groups is 1. The summed E-state index contributed by atoms with van der Waals surface area (Å²) in [6.45, 7) is 2.71. The Labute approximate surface area is 194 Å². The van der Waals surface area contributed by atoms with Crippen molar-refractivity contribution in [1.82, 2.24) is 14.5 Å². The van der Waals surface area contributed by atoms with Gasteiger partial charge in [0.15, 0.2) is 0 Å². The molecule has 5 rings (SSSR count). The molecule has 0 radical (unpaired) electrons. The number of likely N-dealkylation sites (tertiary alicyclic amines) is 1. The van der Waals surface area contributed by atoms with Crippen LogP contribution in [-0.4, -0.2) is 32.2 Å². The van der Waals surface area contributed by atoms with Gasteiger partial charge in [0.2, 0.25) is 11.8 Å². The number of nitrogens with zero attached hydrogens (tertiary/aromatic N) is 3. The molecule has 170 valence electrons. The zero-order valence-corrected chi connectivity index (χ0v) is 19.2. The standard InChI is InChI=1S/C24H24N4O4S/c1-14-20-23(26-17-5-3-2-4-12-27(17)24(20)32)33-21(14)22(31)25-16-8-6-15(7-9-16)13-28-18(29)10-11-19(28)30/h6-9H,2-5,10-13H2,1H3,(H,25,31). The Morgan fingerprint density at radius 1 is 1.03 bits per heavy atom. The van der Waals surface area contributed by atoms with Crippen molar-refractivity contribution in [2.24, 2.45) is 0 Å². The maximum Gasteiger partial charge on any atom is 0.266 e. The van der Waals surface area contributed by atoms with E-state index in [0.717, 1.165) is 37.1 Å². The lowest BCUT2D eigenvalue weighted by Crippen LogP contribution is -2.28. The summed E-state index contributed by atoms with van der Waals surface area (Å²) in [5.74, 6) is 0.218. The van der Waals surface area contributed by atoms with E-state index >= 15 is 0 Å². The molecule has 1 N–H and O–H groups in total. The Morgan fingerprint density at radius 2 is 1.76 bits per heavy atom. The summed E-state index contributed by atoms with van der Waals surface area (Å²) in [5.41, 5.74) is 2.01. The van der Waals surface area contributed by atoms with Crippen LogP contribution in [0.25, 0.3) is 10.2 Å². The molecule has 9 heteroatoms. The lowest BCUT2D eigenvalue weighted by molar-refractivity contribution is -0.139. The first-order chi connectivity index (χ1) is 15.9. The molecule has 1 fully saturated rings. The molecular weight excluding hydrogens is 440 g/mol. The Bertz CT molecular complexity index is 1320. The Balaban J connectivity index is 1.36. The molecule has 3 aromatic rings. The lowest BCUT2D eigenvalue weighted by Gasteiger charge is -2.14. The first-order valence-electron chi connectivity index (χ1n) is 11.2. The van der Waals surface area contributed by atoms with Crippen molar-refractivity contribution in [2.75, 3.05) is 5.32 Å². The predicted octanol–water partition coefficient (Wildman–Crippen LogP) is 3.39. The molecule has 0 aliphatic carbocycles.